The molecule has 7 nitrogen and oxygen atoms in total. The van der Waals surface area contributed by atoms with E-state index in [-0.39, 0.29) is 16.8 Å². The molecular formula is C15H13N5O2S. The number of amides is 1. The maximum Gasteiger partial charge on any atom is 0.291 e. The number of nitrogens with two attached hydrogens (primary N) is 1. The molecule has 0 spiro atoms. The van der Waals surface area contributed by atoms with Crippen LogP contribution in [-0.4, -0.2) is 26.5 Å². The molecule has 1 amide bonds. The first-order chi connectivity index (χ1) is 11.1. The van der Waals surface area contributed by atoms with Gasteiger partial charge < -0.3 is 11.2 Å². The van der Waals surface area contributed by atoms with E-state index in [2.05, 4.69) is 15.5 Å². The third-order valence-corrected chi connectivity index (χ3v) is 4.06. The summed E-state index contributed by atoms with van der Waals surface area (Å²) in [5.74, 6) is 5.39. The number of hydrogen-bond acceptors (Lipinski definition) is 6. The Morgan fingerprint density at radius 2 is 2.00 bits per heavy atom. The van der Waals surface area contributed by atoms with Gasteiger partial charge in [0.1, 0.15) is 6.20 Å². The summed E-state index contributed by atoms with van der Waals surface area (Å²) in [5.41, 5.74) is 0.232. The fraction of sp³-hybridized carbons (Fsp3) is 0.0667. The fourth-order valence-electron chi connectivity index (χ4n) is 2.02. The Morgan fingerprint density at radius 1 is 1.22 bits per heavy atom. The number of benzene rings is 2. The largest absolute Gasteiger partial charge is 0.334 e. The van der Waals surface area contributed by atoms with Gasteiger partial charge in [-0.15, -0.1) is 5.10 Å². The molecule has 3 aromatic rings. The topological polar surface area (TPSA) is 103 Å². The first-order valence-corrected chi connectivity index (χ1v) is 7.73. The van der Waals surface area contributed by atoms with Crippen molar-refractivity contribution in [2.45, 2.75) is 5.16 Å². The summed E-state index contributed by atoms with van der Waals surface area (Å²) in [7, 11) is 0. The van der Waals surface area contributed by atoms with Gasteiger partial charge in [-0.25, -0.2) is 0 Å². The van der Waals surface area contributed by atoms with Crippen LogP contribution in [0.5, 0.6) is 0 Å². The SMILES string of the molecule is Nn1c(SCC(=O)Nc2ccc3ccccc3c2)nncc1=O. The predicted molar refractivity (Wildman–Crippen MR) is 89.7 cm³/mol. The molecule has 116 valence electrons. The minimum absolute atomic E-state index is 0.0716. The molecule has 3 N–H and O–H groups in total. The van der Waals surface area contributed by atoms with Crippen molar-refractivity contribution in [3.63, 3.8) is 0 Å². The zero-order chi connectivity index (χ0) is 16.2. The summed E-state index contributed by atoms with van der Waals surface area (Å²) in [6.45, 7) is 0. The molecule has 0 bridgehead atoms. The summed E-state index contributed by atoms with van der Waals surface area (Å²) < 4.78 is 0.862. The first kappa shape index (κ1) is 15.0. The Morgan fingerprint density at radius 3 is 2.83 bits per heavy atom. The number of anilines is 1. The molecule has 23 heavy (non-hydrogen) atoms. The Bertz CT molecular complexity index is 925. The van der Waals surface area contributed by atoms with E-state index in [0.29, 0.717) is 5.69 Å². The van der Waals surface area contributed by atoms with Gasteiger partial charge in [-0.05, 0) is 22.9 Å². The summed E-state index contributed by atoms with van der Waals surface area (Å²) >= 11 is 1.04. The first-order valence-electron chi connectivity index (χ1n) is 6.75. The molecule has 1 heterocycles. The number of nitrogen functional groups attached to an aromatic ring is 1. The number of carbonyl (C=O) groups is 1. The van der Waals surface area contributed by atoms with Crippen molar-refractivity contribution in [1.82, 2.24) is 14.9 Å². The molecule has 1 aromatic heterocycles. The summed E-state index contributed by atoms with van der Waals surface area (Å²) in [4.78, 5) is 23.3. The second-order valence-corrected chi connectivity index (χ2v) is 5.68. The Labute approximate surface area is 135 Å². The monoisotopic (exact) mass is 327 g/mol. The van der Waals surface area contributed by atoms with Crippen molar-refractivity contribution in [2.24, 2.45) is 0 Å². The number of fused-ring (bicyclic) bond motifs is 1. The summed E-state index contributed by atoms with van der Waals surface area (Å²) in [6, 6.07) is 13.6. The van der Waals surface area contributed by atoms with Crippen molar-refractivity contribution >= 4 is 34.1 Å². The zero-order valence-electron chi connectivity index (χ0n) is 12.0. The molecule has 0 atom stereocenters. The molecule has 0 unspecified atom stereocenters. The second-order valence-electron chi connectivity index (χ2n) is 4.73. The average molecular weight is 327 g/mol. The fourth-order valence-corrected chi connectivity index (χ4v) is 2.69. The van der Waals surface area contributed by atoms with Crippen molar-refractivity contribution < 1.29 is 4.79 Å². The number of carbonyl (C=O) groups excluding carboxylic acids is 1. The molecular weight excluding hydrogens is 314 g/mol. The Hall–Kier alpha value is -2.87. The van der Waals surface area contributed by atoms with Crippen LogP contribution in [0.1, 0.15) is 0 Å². The zero-order valence-corrected chi connectivity index (χ0v) is 12.8. The molecule has 0 aliphatic heterocycles. The van der Waals surface area contributed by atoms with Crippen LogP contribution in [0.3, 0.4) is 0 Å². The van der Waals surface area contributed by atoms with Gasteiger partial charge in [0.15, 0.2) is 0 Å². The maximum atomic E-state index is 12.0. The van der Waals surface area contributed by atoms with Gasteiger partial charge in [-0.3, -0.25) is 9.59 Å². The molecule has 8 heteroatoms. The van der Waals surface area contributed by atoms with E-state index < -0.39 is 5.56 Å². The quantitative estimate of drug-likeness (QED) is 0.552. The number of aromatic nitrogens is 3. The van der Waals surface area contributed by atoms with E-state index in [1.165, 1.54) is 0 Å². The van der Waals surface area contributed by atoms with Gasteiger partial charge in [0.05, 0.1) is 5.75 Å². The van der Waals surface area contributed by atoms with Gasteiger partial charge in [0.25, 0.3) is 5.56 Å². The Balaban J connectivity index is 1.66. The van der Waals surface area contributed by atoms with E-state index in [1.807, 2.05) is 42.5 Å². The van der Waals surface area contributed by atoms with Gasteiger partial charge in [-0.2, -0.15) is 9.77 Å². The van der Waals surface area contributed by atoms with Crippen LogP contribution in [-0.2, 0) is 4.79 Å². The lowest BCUT2D eigenvalue weighted by Gasteiger charge is -2.07. The highest BCUT2D eigenvalue weighted by Crippen LogP contribution is 2.19. The molecule has 0 aliphatic carbocycles. The van der Waals surface area contributed by atoms with Crippen LogP contribution in [0.25, 0.3) is 10.8 Å². The maximum absolute atomic E-state index is 12.0. The highest BCUT2D eigenvalue weighted by atomic mass is 32.2. The van der Waals surface area contributed by atoms with Crippen LogP contribution < -0.4 is 16.7 Å². The minimum atomic E-state index is -0.475. The Kier molecular flexibility index (Phi) is 4.24. The van der Waals surface area contributed by atoms with Crippen LogP contribution >= 0.6 is 11.8 Å². The lowest BCUT2D eigenvalue weighted by molar-refractivity contribution is -0.113. The van der Waals surface area contributed by atoms with Crippen molar-refractivity contribution in [2.75, 3.05) is 16.9 Å². The van der Waals surface area contributed by atoms with Gasteiger partial charge in [-0.1, -0.05) is 42.1 Å². The third kappa shape index (κ3) is 3.49. The summed E-state index contributed by atoms with van der Waals surface area (Å²) in [5, 5.41) is 12.4. The molecule has 0 saturated heterocycles. The molecule has 0 fully saturated rings. The number of hydrogen-bond donors (Lipinski definition) is 2. The number of nitrogens with one attached hydrogen (secondary N) is 1. The second kappa shape index (κ2) is 6.49. The van der Waals surface area contributed by atoms with Crippen LogP contribution in [0, 0.1) is 0 Å². The van der Waals surface area contributed by atoms with Crippen molar-refractivity contribution in [1.29, 1.82) is 0 Å². The number of thioether (sulfide) groups is 1. The molecule has 3 rings (SSSR count). The smallest absolute Gasteiger partial charge is 0.291 e. The van der Waals surface area contributed by atoms with Crippen molar-refractivity contribution in [3.05, 3.63) is 59.0 Å². The lowest BCUT2D eigenvalue weighted by Crippen LogP contribution is -2.30. The minimum Gasteiger partial charge on any atom is -0.334 e. The molecule has 0 radical (unpaired) electrons. The normalized spacial score (nSPS) is 10.6. The third-order valence-electron chi connectivity index (χ3n) is 3.12. The highest BCUT2D eigenvalue weighted by molar-refractivity contribution is 7.99. The van der Waals surface area contributed by atoms with E-state index >= 15 is 0 Å². The van der Waals surface area contributed by atoms with Crippen molar-refractivity contribution in [3.8, 4) is 0 Å². The van der Waals surface area contributed by atoms with Gasteiger partial charge in [0, 0.05) is 5.69 Å². The van der Waals surface area contributed by atoms with E-state index in [0.717, 1.165) is 33.4 Å². The van der Waals surface area contributed by atoms with Crippen LogP contribution in [0.15, 0.2) is 58.6 Å². The van der Waals surface area contributed by atoms with Crippen LogP contribution in [0.2, 0.25) is 0 Å². The van der Waals surface area contributed by atoms with Gasteiger partial charge in [0.2, 0.25) is 11.1 Å². The molecule has 0 saturated carbocycles. The number of rotatable bonds is 4. The molecule has 2 aromatic carbocycles. The molecule has 0 aliphatic rings. The average Bonchev–Trinajstić information content (AvgIpc) is 2.56. The summed E-state index contributed by atoms with van der Waals surface area (Å²) in [6.07, 6.45) is 1.01. The van der Waals surface area contributed by atoms with E-state index in [9.17, 15) is 9.59 Å². The highest BCUT2D eigenvalue weighted by Gasteiger charge is 2.08. The van der Waals surface area contributed by atoms with Crippen LogP contribution in [0.4, 0.5) is 5.69 Å². The van der Waals surface area contributed by atoms with Gasteiger partial charge >= 0.3 is 0 Å². The standard InChI is InChI=1S/C15H13N5O2S/c16-20-14(22)8-17-19-15(20)23-9-13(21)18-12-6-5-10-3-1-2-4-11(10)7-12/h1-8H,9,16H2,(H,18,21). The van der Waals surface area contributed by atoms with E-state index in [4.69, 9.17) is 5.84 Å². The number of nitrogens with zero attached hydrogens (tertiary/aromatic N) is 3. The predicted octanol–water partition coefficient (Wildman–Crippen LogP) is 1.24. The lowest BCUT2D eigenvalue weighted by atomic mass is 10.1. The van der Waals surface area contributed by atoms with E-state index in [1.54, 1.807) is 0 Å².